The van der Waals surface area contributed by atoms with E-state index in [1.54, 1.807) is 6.92 Å². The zero-order chi connectivity index (χ0) is 28.8. The molecule has 1 aromatic heterocycles. The van der Waals surface area contributed by atoms with E-state index in [2.05, 4.69) is 11.2 Å². The molecule has 0 aliphatic carbocycles. The van der Waals surface area contributed by atoms with Crippen LogP contribution in [0.1, 0.15) is 43.4 Å². The Labute approximate surface area is 222 Å². The number of esters is 1. The summed E-state index contributed by atoms with van der Waals surface area (Å²) in [5.74, 6) is -3.10. The van der Waals surface area contributed by atoms with E-state index in [0.29, 0.717) is 0 Å². The number of carbonyl (C=O) groups excluding carboxylic acids is 2. The third-order valence-electron chi connectivity index (χ3n) is 7.13. The van der Waals surface area contributed by atoms with Crippen LogP contribution in [0.4, 0.5) is 22.0 Å². The highest BCUT2D eigenvalue weighted by Crippen LogP contribution is 2.49. The monoisotopic (exact) mass is 556 g/mol. The summed E-state index contributed by atoms with van der Waals surface area (Å²) in [6.45, 7) is 0.385. The van der Waals surface area contributed by atoms with Crippen molar-refractivity contribution in [3.8, 4) is 6.07 Å². The lowest BCUT2D eigenvalue weighted by Crippen LogP contribution is -2.59. The molecule has 0 saturated carbocycles. The maximum absolute atomic E-state index is 14.4. The highest BCUT2D eigenvalue weighted by atomic mass is 19.4. The third kappa shape index (κ3) is 5.90. The van der Waals surface area contributed by atoms with Gasteiger partial charge in [0.05, 0.1) is 30.7 Å². The molecule has 2 atom stereocenters. The highest BCUT2D eigenvalue weighted by Gasteiger charge is 2.64. The van der Waals surface area contributed by atoms with Gasteiger partial charge in [-0.2, -0.15) is 23.5 Å². The van der Waals surface area contributed by atoms with Gasteiger partial charge in [0.15, 0.2) is 0 Å². The van der Waals surface area contributed by atoms with E-state index < -0.39 is 48.0 Å². The third-order valence-corrected chi connectivity index (χ3v) is 7.13. The van der Waals surface area contributed by atoms with Crippen molar-refractivity contribution in [1.29, 1.82) is 5.26 Å². The molecule has 0 bridgehead atoms. The van der Waals surface area contributed by atoms with Crippen LogP contribution < -0.4 is 0 Å². The Morgan fingerprint density at radius 2 is 1.79 bits per heavy atom. The van der Waals surface area contributed by atoms with Gasteiger partial charge in [-0.1, -0.05) is 30.3 Å². The number of halogens is 5. The largest absolute Gasteiger partial charge is 0.466 e. The summed E-state index contributed by atoms with van der Waals surface area (Å²) >= 11 is 0. The summed E-state index contributed by atoms with van der Waals surface area (Å²) in [6, 6.07) is 10.0. The summed E-state index contributed by atoms with van der Waals surface area (Å²) in [4.78, 5) is 27.1. The zero-order valence-electron chi connectivity index (χ0n) is 21.5. The number of amides is 1. The van der Waals surface area contributed by atoms with Gasteiger partial charge >= 0.3 is 12.1 Å². The number of hydrogen-bond acceptors (Lipinski definition) is 6. The smallest absolute Gasteiger partial charge is 0.430 e. The van der Waals surface area contributed by atoms with Crippen LogP contribution in [0.3, 0.4) is 0 Å². The Bertz CT molecular complexity index is 1170. The topological polar surface area (TPSA) is 97.5 Å². The molecule has 0 radical (unpaired) electrons. The van der Waals surface area contributed by atoms with Crippen molar-refractivity contribution in [2.75, 3.05) is 26.8 Å². The molecule has 1 unspecified atom stereocenters. The minimum Gasteiger partial charge on any atom is -0.466 e. The number of benzene rings is 1. The van der Waals surface area contributed by atoms with Crippen LogP contribution >= 0.6 is 0 Å². The SMILES string of the molecule is CCOC(=O)CC1(C(C#N)c2ccnn2CC(F)F)CCN(C(=O)[C@](OC)(c2ccccc2)C(F)(F)F)CC1. The van der Waals surface area contributed by atoms with E-state index in [0.717, 1.165) is 28.8 Å². The summed E-state index contributed by atoms with van der Waals surface area (Å²) in [5.41, 5.74) is -4.72. The molecular weight excluding hydrogens is 527 g/mol. The van der Waals surface area contributed by atoms with Crippen LogP contribution in [0.2, 0.25) is 0 Å². The Balaban J connectivity index is 1.98. The molecule has 2 aromatic rings. The van der Waals surface area contributed by atoms with Gasteiger partial charge in [0.2, 0.25) is 0 Å². The van der Waals surface area contributed by atoms with Gasteiger partial charge in [-0.15, -0.1) is 0 Å². The fourth-order valence-electron chi connectivity index (χ4n) is 5.24. The Hall–Kier alpha value is -3.53. The normalized spacial score (nSPS) is 17.8. The molecule has 3 rings (SSSR count). The Morgan fingerprint density at radius 3 is 2.31 bits per heavy atom. The molecule has 13 heteroatoms. The lowest BCUT2D eigenvalue weighted by atomic mass is 9.65. The molecule has 1 aromatic carbocycles. The maximum atomic E-state index is 14.4. The van der Waals surface area contributed by atoms with Crippen molar-refractivity contribution in [2.45, 2.75) is 56.9 Å². The van der Waals surface area contributed by atoms with Crippen LogP contribution in [-0.4, -0.2) is 66.0 Å². The van der Waals surface area contributed by atoms with Crippen molar-refractivity contribution in [3.63, 3.8) is 0 Å². The van der Waals surface area contributed by atoms with E-state index >= 15 is 0 Å². The number of nitriles is 1. The first-order chi connectivity index (χ1) is 18.5. The van der Waals surface area contributed by atoms with E-state index in [-0.39, 0.29) is 50.2 Å². The van der Waals surface area contributed by atoms with E-state index in [4.69, 9.17) is 9.47 Å². The van der Waals surface area contributed by atoms with E-state index in [1.165, 1.54) is 30.5 Å². The van der Waals surface area contributed by atoms with Crippen molar-refractivity contribution >= 4 is 11.9 Å². The van der Waals surface area contributed by atoms with Gasteiger partial charge in [0, 0.05) is 37.4 Å². The van der Waals surface area contributed by atoms with Crippen molar-refractivity contribution in [1.82, 2.24) is 14.7 Å². The van der Waals surface area contributed by atoms with Gasteiger partial charge in [0.1, 0.15) is 6.54 Å². The van der Waals surface area contributed by atoms with Crippen LogP contribution in [-0.2, 0) is 31.2 Å². The molecule has 1 aliphatic heterocycles. The first-order valence-corrected chi connectivity index (χ1v) is 12.3. The predicted molar refractivity (Wildman–Crippen MR) is 127 cm³/mol. The maximum Gasteiger partial charge on any atom is 0.430 e. The summed E-state index contributed by atoms with van der Waals surface area (Å²) < 4.78 is 80.6. The molecule has 0 spiro atoms. The quantitative estimate of drug-likeness (QED) is 0.318. The van der Waals surface area contributed by atoms with Crippen molar-refractivity contribution < 1.29 is 41.0 Å². The number of methoxy groups -OCH3 is 1. The van der Waals surface area contributed by atoms with Crippen molar-refractivity contribution in [2.24, 2.45) is 5.41 Å². The Morgan fingerprint density at radius 1 is 1.15 bits per heavy atom. The van der Waals surface area contributed by atoms with Gasteiger partial charge in [-0.3, -0.25) is 14.3 Å². The number of piperidine rings is 1. The molecule has 8 nitrogen and oxygen atoms in total. The average molecular weight is 557 g/mol. The summed E-state index contributed by atoms with van der Waals surface area (Å²) in [6.07, 6.45) is -7.03. The van der Waals surface area contributed by atoms with Crippen molar-refractivity contribution in [3.05, 3.63) is 53.9 Å². The fraction of sp³-hybridized carbons (Fsp3) is 0.538. The van der Waals surface area contributed by atoms with Crippen LogP contribution in [0.25, 0.3) is 0 Å². The molecular formula is C26H29F5N4O4. The van der Waals surface area contributed by atoms with E-state index in [1.807, 2.05) is 0 Å². The second-order valence-electron chi connectivity index (χ2n) is 9.28. The first-order valence-electron chi connectivity index (χ1n) is 12.3. The molecule has 2 heterocycles. The zero-order valence-corrected chi connectivity index (χ0v) is 21.5. The number of hydrogen-bond donors (Lipinski definition) is 0. The number of aromatic nitrogens is 2. The summed E-state index contributed by atoms with van der Waals surface area (Å²) in [5, 5.41) is 14.0. The molecule has 212 valence electrons. The van der Waals surface area contributed by atoms with Crippen LogP contribution in [0, 0.1) is 16.7 Å². The average Bonchev–Trinajstić information content (AvgIpc) is 3.32. The second kappa shape index (κ2) is 12.1. The minimum atomic E-state index is -5.10. The highest BCUT2D eigenvalue weighted by molar-refractivity contribution is 5.88. The number of carbonyl (C=O) groups is 2. The molecule has 1 aliphatic rings. The number of rotatable bonds is 10. The van der Waals surface area contributed by atoms with Gasteiger partial charge in [0.25, 0.3) is 17.9 Å². The molecule has 39 heavy (non-hydrogen) atoms. The lowest BCUT2D eigenvalue weighted by Gasteiger charge is -2.46. The lowest BCUT2D eigenvalue weighted by molar-refractivity contribution is -0.271. The summed E-state index contributed by atoms with van der Waals surface area (Å²) in [7, 11) is 0.809. The molecule has 1 saturated heterocycles. The van der Waals surface area contributed by atoms with Gasteiger partial charge < -0.3 is 14.4 Å². The fourth-order valence-corrected chi connectivity index (χ4v) is 5.24. The molecule has 0 N–H and O–H groups in total. The minimum absolute atomic E-state index is 0.0546. The molecule has 1 amide bonds. The van der Waals surface area contributed by atoms with Crippen LogP contribution in [0.5, 0.6) is 0 Å². The van der Waals surface area contributed by atoms with E-state index in [9.17, 15) is 36.8 Å². The second-order valence-corrected chi connectivity index (χ2v) is 9.28. The first kappa shape index (κ1) is 30.0. The molecule has 1 fully saturated rings. The van der Waals surface area contributed by atoms with Gasteiger partial charge in [-0.25, -0.2) is 8.78 Å². The predicted octanol–water partition coefficient (Wildman–Crippen LogP) is 4.42. The van der Waals surface area contributed by atoms with Gasteiger partial charge in [-0.05, 0) is 25.8 Å². The number of ether oxygens (including phenoxy) is 2. The number of nitrogens with zero attached hydrogens (tertiary/aromatic N) is 4. The number of likely N-dealkylation sites (tertiary alicyclic amines) is 1. The number of alkyl halides is 5. The van der Waals surface area contributed by atoms with Crippen LogP contribution in [0.15, 0.2) is 42.6 Å². The standard InChI is InChI=1S/C26H29F5N4O4/c1-3-39-22(36)15-24(19(16-32)20-9-12-33-35(20)17-21(27)28)10-13-34(14-11-24)23(37)25(38-2,26(29,30)31)18-7-5-4-6-8-18/h4-9,12,19,21H,3,10-11,13-15,17H2,1-2H3/t19?,25-/m1/s1. The Kier molecular flexibility index (Phi) is 9.32.